The molecule has 0 aromatic heterocycles. The van der Waals surface area contributed by atoms with Crippen molar-refractivity contribution in [3.63, 3.8) is 0 Å². The van der Waals surface area contributed by atoms with Crippen LogP contribution in [0.4, 0.5) is 10.5 Å². The summed E-state index contributed by atoms with van der Waals surface area (Å²) in [6.07, 6.45) is 4.63. The maximum Gasteiger partial charge on any atom is 0.322 e. The van der Waals surface area contributed by atoms with Crippen molar-refractivity contribution in [1.82, 2.24) is 20.4 Å². The Kier molecular flexibility index (Phi) is 7.51. The standard InChI is InChI=1S/C28H35N5O3/c34-26(19-30-27(35)22-9-7-20(8-10-22)23-5-3-14-29-18-23)32-15-12-24(13-16-32)33-17-11-21-4-1-2-6-25(21)31-28(33)36/h1-2,4,6-10,23-24,29H,3,5,11-19H2,(H,30,35)(H,31,36). The van der Waals surface area contributed by atoms with Crippen LogP contribution in [0.25, 0.3) is 0 Å². The van der Waals surface area contributed by atoms with Crippen molar-refractivity contribution in [3.05, 3.63) is 65.2 Å². The van der Waals surface area contributed by atoms with Crippen LogP contribution in [0.5, 0.6) is 0 Å². The predicted octanol–water partition coefficient (Wildman–Crippen LogP) is 2.96. The van der Waals surface area contributed by atoms with E-state index in [1.165, 1.54) is 18.4 Å². The average Bonchev–Trinajstić information content (AvgIpc) is 3.10. The SMILES string of the molecule is O=C(NCC(=O)N1CCC(N2CCc3ccccc3NC2=O)CC1)c1ccc(C2CCCNC2)cc1. The summed E-state index contributed by atoms with van der Waals surface area (Å²) in [5, 5.41) is 9.23. The third kappa shape index (κ3) is 5.54. The Morgan fingerprint density at radius 3 is 2.50 bits per heavy atom. The van der Waals surface area contributed by atoms with Gasteiger partial charge < -0.3 is 25.8 Å². The van der Waals surface area contributed by atoms with E-state index in [0.29, 0.717) is 31.1 Å². The van der Waals surface area contributed by atoms with Crippen molar-refractivity contribution in [3.8, 4) is 0 Å². The van der Waals surface area contributed by atoms with E-state index in [4.69, 9.17) is 0 Å². The van der Waals surface area contributed by atoms with Crippen LogP contribution >= 0.6 is 0 Å². The number of fused-ring (bicyclic) bond motifs is 1. The molecule has 4 amide bonds. The minimum absolute atomic E-state index is 0.0166. The molecule has 5 rings (SSSR count). The molecule has 0 radical (unpaired) electrons. The number of piperidine rings is 2. The highest BCUT2D eigenvalue weighted by atomic mass is 16.2. The predicted molar refractivity (Wildman–Crippen MR) is 139 cm³/mol. The molecule has 190 valence electrons. The summed E-state index contributed by atoms with van der Waals surface area (Å²) in [5.74, 6) is 0.183. The highest BCUT2D eigenvalue weighted by Gasteiger charge is 2.31. The average molecular weight is 490 g/mol. The van der Waals surface area contributed by atoms with E-state index in [0.717, 1.165) is 43.6 Å². The molecule has 1 atom stereocenters. The lowest BCUT2D eigenvalue weighted by Gasteiger charge is -2.38. The number of nitrogens with one attached hydrogen (secondary N) is 3. The number of hydrogen-bond acceptors (Lipinski definition) is 4. The number of likely N-dealkylation sites (tertiary alicyclic amines) is 1. The van der Waals surface area contributed by atoms with Gasteiger partial charge in [0, 0.05) is 43.5 Å². The van der Waals surface area contributed by atoms with E-state index >= 15 is 0 Å². The van der Waals surface area contributed by atoms with E-state index in [-0.39, 0.29) is 30.4 Å². The number of carbonyl (C=O) groups is 3. The molecule has 0 saturated carbocycles. The molecular formula is C28H35N5O3. The minimum Gasteiger partial charge on any atom is -0.343 e. The first-order valence-electron chi connectivity index (χ1n) is 13.1. The number of carbonyl (C=O) groups excluding carboxylic acids is 3. The van der Waals surface area contributed by atoms with Crippen molar-refractivity contribution in [2.75, 3.05) is 44.6 Å². The molecule has 2 fully saturated rings. The Morgan fingerprint density at radius 1 is 0.972 bits per heavy atom. The van der Waals surface area contributed by atoms with Crippen LogP contribution in [-0.4, -0.2) is 73.0 Å². The molecule has 1 unspecified atom stereocenters. The molecule has 0 spiro atoms. The molecule has 2 aromatic rings. The van der Waals surface area contributed by atoms with Crippen molar-refractivity contribution < 1.29 is 14.4 Å². The van der Waals surface area contributed by atoms with Gasteiger partial charge in [-0.2, -0.15) is 0 Å². The van der Waals surface area contributed by atoms with Crippen LogP contribution in [0.3, 0.4) is 0 Å². The normalized spacial score (nSPS) is 20.8. The summed E-state index contributed by atoms with van der Waals surface area (Å²) in [6, 6.07) is 15.7. The Labute approximate surface area is 212 Å². The first kappa shape index (κ1) is 24.3. The Bertz CT molecular complexity index is 1090. The van der Waals surface area contributed by atoms with Gasteiger partial charge >= 0.3 is 6.03 Å². The molecule has 3 N–H and O–H groups in total. The monoisotopic (exact) mass is 489 g/mol. The Hall–Kier alpha value is -3.39. The number of nitrogens with zero attached hydrogens (tertiary/aromatic N) is 2. The third-order valence-corrected chi connectivity index (χ3v) is 7.74. The second-order valence-corrected chi connectivity index (χ2v) is 9.99. The fourth-order valence-electron chi connectivity index (χ4n) is 5.58. The lowest BCUT2D eigenvalue weighted by atomic mass is 9.91. The van der Waals surface area contributed by atoms with Crippen molar-refractivity contribution in [1.29, 1.82) is 0 Å². The van der Waals surface area contributed by atoms with E-state index < -0.39 is 0 Å². The highest BCUT2D eigenvalue weighted by Crippen LogP contribution is 2.25. The third-order valence-electron chi connectivity index (χ3n) is 7.74. The van der Waals surface area contributed by atoms with E-state index in [9.17, 15) is 14.4 Å². The van der Waals surface area contributed by atoms with Crippen LogP contribution in [0.2, 0.25) is 0 Å². The van der Waals surface area contributed by atoms with Gasteiger partial charge in [-0.15, -0.1) is 0 Å². The van der Waals surface area contributed by atoms with Gasteiger partial charge in [0.15, 0.2) is 0 Å². The molecule has 3 aliphatic heterocycles. The van der Waals surface area contributed by atoms with E-state index in [1.54, 1.807) is 4.90 Å². The summed E-state index contributed by atoms with van der Waals surface area (Å²) in [5.41, 5.74) is 3.85. The number of amides is 4. The zero-order chi connectivity index (χ0) is 24.9. The largest absolute Gasteiger partial charge is 0.343 e. The highest BCUT2D eigenvalue weighted by molar-refractivity contribution is 5.96. The smallest absolute Gasteiger partial charge is 0.322 e. The van der Waals surface area contributed by atoms with Gasteiger partial charge in [-0.1, -0.05) is 30.3 Å². The topological polar surface area (TPSA) is 93.8 Å². The molecule has 3 aliphatic rings. The van der Waals surface area contributed by atoms with Crippen LogP contribution in [0.15, 0.2) is 48.5 Å². The maximum absolute atomic E-state index is 12.8. The summed E-state index contributed by atoms with van der Waals surface area (Å²) < 4.78 is 0. The summed E-state index contributed by atoms with van der Waals surface area (Å²) >= 11 is 0. The molecular weight excluding hydrogens is 454 g/mol. The Balaban J connectivity index is 1.08. The molecule has 3 heterocycles. The van der Waals surface area contributed by atoms with Crippen molar-refractivity contribution >= 4 is 23.5 Å². The molecule has 0 bridgehead atoms. The number of hydrogen-bond donors (Lipinski definition) is 3. The first-order valence-corrected chi connectivity index (χ1v) is 13.1. The van der Waals surface area contributed by atoms with Gasteiger partial charge in [0.25, 0.3) is 5.91 Å². The van der Waals surface area contributed by atoms with Gasteiger partial charge in [0.1, 0.15) is 0 Å². The summed E-state index contributed by atoms with van der Waals surface area (Å²) in [4.78, 5) is 41.9. The molecule has 0 aliphatic carbocycles. The van der Waals surface area contributed by atoms with Gasteiger partial charge in [-0.05, 0) is 73.9 Å². The van der Waals surface area contributed by atoms with Crippen LogP contribution in [0, 0.1) is 0 Å². The number of anilines is 1. The number of urea groups is 1. The second kappa shape index (κ2) is 11.1. The number of benzene rings is 2. The zero-order valence-corrected chi connectivity index (χ0v) is 20.7. The zero-order valence-electron chi connectivity index (χ0n) is 20.7. The van der Waals surface area contributed by atoms with Crippen LogP contribution in [0.1, 0.15) is 53.1 Å². The second-order valence-electron chi connectivity index (χ2n) is 9.99. The number of rotatable bonds is 5. The van der Waals surface area contributed by atoms with Gasteiger partial charge in [-0.25, -0.2) is 4.79 Å². The van der Waals surface area contributed by atoms with Crippen molar-refractivity contribution in [2.45, 2.75) is 44.1 Å². The van der Waals surface area contributed by atoms with E-state index in [2.05, 4.69) is 22.0 Å². The molecule has 2 saturated heterocycles. The van der Waals surface area contributed by atoms with Crippen molar-refractivity contribution in [2.24, 2.45) is 0 Å². The lowest BCUT2D eigenvalue weighted by molar-refractivity contribution is -0.131. The van der Waals surface area contributed by atoms with Gasteiger partial charge in [0.2, 0.25) is 5.91 Å². The van der Waals surface area contributed by atoms with E-state index in [1.807, 2.05) is 47.4 Å². The number of para-hydroxylation sites is 1. The summed E-state index contributed by atoms with van der Waals surface area (Å²) in [6.45, 7) is 3.88. The minimum atomic E-state index is -0.229. The fraction of sp³-hybridized carbons (Fsp3) is 0.464. The summed E-state index contributed by atoms with van der Waals surface area (Å²) in [7, 11) is 0. The van der Waals surface area contributed by atoms with Crippen LogP contribution < -0.4 is 16.0 Å². The lowest BCUT2D eigenvalue weighted by Crippen LogP contribution is -2.51. The molecule has 36 heavy (non-hydrogen) atoms. The quantitative estimate of drug-likeness (QED) is 0.602. The molecule has 8 heteroatoms. The van der Waals surface area contributed by atoms with Gasteiger partial charge in [0.05, 0.1) is 6.54 Å². The van der Waals surface area contributed by atoms with Gasteiger partial charge in [-0.3, -0.25) is 9.59 Å². The fourth-order valence-corrected chi connectivity index (χ4v) is 5.58. The molecule has 8 nitrogen and oxygen atoms in total. The first-order chi connectivity index (χ1) is 17.6. The molecule has 2 aromatic carbocycles. The Morgan fingerprint density at radius 2 is 1.75 bits per heavy atom. The van der Waals surface area contributed by atoms with Crippen LogP contribution in [-0.2, 0) is 11.2 Å². The maximum atomic E-state index is 12.8.